The highest BCUT2D eigenvalue weighted by atomic mass is 35.5. The van der Waals surface area contributed by atoms with Crippen molar-refractivity contribution in [3.63, 3.8) is 0 Å². The predicted molar refractivity (Wildman–Crippen MR) is 131 cm³/mol. The van der Waals surface area contributed by atoms with Gasteiger partial charge >= 0.3 is 0 Å². The summed E-state index contributed by atoms with van der Waals surface area (Å²) in [6, 6.07) is 15.1. The van der Waals surface area contributed by atoms with Crippen molar-refractivity contribution >= 4 is 33.1 Å². The molecule has 1 saturated carbocycles. The minimum absolute atomic E-state index is 0.00668. The second-order valence-electron chi connectivity index (χ2n) is 9.22. The molecule has 0 saturated heterocycles. The summed E-state index contributed by atoms with van der Waals surface area (Å²) in [5.41, 5.74) is 1.24. The second kappa shape index (κ2) is 11.3. The zero-order chi connectivity index (χ0) is 24.0. The fourth-order valence-electron chi connectivity index (χ4n) is 4.57. The Balaban J connectivity index is 1.63. The van der Waals surface area contributed by atoms with Gasteiger partial charge in [-0.15, -0.1) is 0 Å². The van der Waals surface area contributed by atoms with Crippen LogP contribution >= 0.6 is 11.6 Å². The largest absolute Gasteiger partial charge is 0.345 e. The molecule has 7 heteroatoms. The molecule has 1 fully saturated rings. The molecule has 3 unspecified atom stereocenters. The van der Waals surface area contributed by atoms with Crippen molar-refractivity contribution in [2.45, 2.75) is 62.8 Å². The molecule has 0 spiro atoms. The first kappa shape index (κ1) is 25.4. The Kier molecular flexibility index (Phi) is 8.71. The van der Waals surface area contributed by atoms with E-state index in [-0.39, 0.29) is 22.5 Å². The van der Waals surface area contributed by atoms with Crippen molar-refractivity contribution in [3.8, 4) is 0 Å². The van der Waals surface area contributed by atoms with Crippen LogP contribution in [0.1, 0.15) is 57.4 Å². The van der Waals surface area contributed by atoms with E-state index >= 15 is 0 Å². The highest BCUT2D eigenvalue weighted by Gasteiger charge is 2.33. The van der Waals surface area contributed by atoms with Gasteiger partial charge in [-0.2, -0.15) is 0 Å². The van der Waals surface area contributed by atoms with Crippen molar-refractivity contribution in [1.29, 1.82) is 0 Å². The number of benzene rings is 2. The van der Waals surface area contributed by atoms with Gasteiger partial charge in [0.2, 0.25) is 5.91 Å². The molecule has 3 rings (SSSR count). The first-order valence-electron chi connectivity index (χ1n) is 11.5. The number of amides is 1. The van der Waals surface area contributed by atoms with Crippen LogP contribution in [-0.2, 0) is 19.4 Å². The first-order valence-corrected chi connectivity index (χ1v) is 13.6. The van der Waals surface area contributed by atoms with Gasteiger partial charge in [-0.1, -0.05) is 62.2 Å². The average Bonchev–Trinajstić information content (AvgIpc) is 3.04. The summed E-state index contributed by atoms with van der Waals surface area (Å²) < 4.78 is 25.1. The van der Waals surface area contributed by atoms with E-state index in [1.165, 1.54) is 17.7 Å². The van der Waals surface area contributed by atoms with Crippen LogP contribution in [0.25, 0.3) is 0 Å². The number of hydrogen-bond donors (Lipinski definition) is 1. The molecule has 2 aromatic carbocycles. The van der Waals surface area contributed by atoms with Crippen LogP contribution in [0.2, 0.25) is 5.02 Å². The molecular formula is C26H32ClNO4S. The second-order valence-corrected chi connectivity index (χ2v) is 11.6. The van der Waals surface area contributed by atoms with Gasteiger partial charge in [0, 0.05) is 10.9 Å². The molecule has 0 heterocycles. The Labute approximate surface area is 201 Å². The lowest BCUT2D eigenvalue weighted by Crippen LogP contribution is -2.48. The molecule has 33 heavy (non-hydrogen) atoms. The van der Waals surface area contributed by atoms with Crippen molar-refractivity contribution in [2.24, 2.45) is 11.8 Å². The van der Waals surface area contributed by atoms with Crippen molar-refractivity contribution < 1.29 is 18.0 Å². The van der Waals surface area contributed by atoms with Gasteiger partial charge < -0.3 is 5.32 Å². The Morgan fingerprint density at radius 1 is 0.970 bits per heavy atom. The normalized spacial score (nSPS) is 20.1. The number of sulfone groups is 1. The standard InChI is InChI=1S/C26H32ClNO4S/c1-18(2)25(28-24(29)17-33(31,32)23-9-4-3-5-10-23)26(30)21-8-6-7-19(11-12-21)20-13-15-22(27)16-14-20/h3-5,9-10,13-16,18-19,21,25H,6-8,11-12,17H2,1-2H3,(H,28,29). The minimum atomic E-state index is -3.76. The van der Waals surface area contributed by atoms with Crippen LogP contribution < -0.4 is 5.32 Å². The number of hydrogen-bond acceptors (Lipinski definition) is 4. The van der Waals surface area contributed by atoms with E-state index in [4.69, 9.17) is 11.6 Å². The van der Waals surface area contributed by atoms with Crippen molar-refractivity contribution in [1.82, 2.24) is 5.32 Å². The van der Waals surface area contributed by atoms with Gasteiger partial charge in [0.1, 0.15) is 5.75 Å². The third kappa shape index (κ3) is 6.90. The Bertz CT molecular complexity index is 1050. The number of Topliss-reactive ketones (excluding diaryl/α,β-unsaturated/α-hetero) is 1. The van der Waals surface area contributed by atoms with Crippen LogP contribution in [0.3, 0.4) is 0 Å². The molecule has 1 aliphatic rings. The quantitative estimate of drug-likeness (QED) is 0.517. The van der Waals surface area contributed by atoms with Crippen LogP contribution in [0.15, 0.2) is 59.5 Å². The van der Waals surface area contributed by atoms with Crippen LogP contribution in [0, 0.1) is 11.8 Å². The SMILES string of the molecule is CC(C)C(NC(=O)CS(=O)(=O)c1ccccc1)C(=O)C1CCCC(c2ccc(Cl)cc2)CC1. The fourth-order valence-corrected chi connectivity index (χ4v) is 5.87. The van der Waals surface area contributed by atoms with Crippen LogP contribution in [-0.4, -0.2) is 31.9 Å². The van der Waals surface area contributed by atoms with Crippen molar-refractivity contribution in [2.75, 3.05) is 5.75 Å². The van der Waals surface area contributed by atoms with E-state index in [0.29, 0.717) is 10.9 Å². The van der Waals surface area contributed by atoms with Gasteiger partial charge in [0.05, 0.1) is 10.9 Å². The lowest BCUT2D eigenvalue weighted by Gasteiger charge is -2.25. The Hall–Kier alpha value is -2.18. The Morgan fingerprint density at radius 3 is 2.27 bits per heavy atom. The molecule has 0 radical (unpaired) electrons. The van der Waals surface area contributed by atoms with Crippen LogP contribution in [0.4, 0.5) is 0 Å². The molecule has 1 aliphatic carbocycles. The highest BCUT2D eigenvalue weighted by Crippen LogP contribution is 2.35. The van der Waals surface area contributed by atoms with Gasteiger partial charge in [-0.05, 0) is 67.3 Å². The summed E-state index contributed by atoms with van der Waals surface area (Å²) in [6.07, 6.45) is 4.39. The number of rotatable bonds is 8. The number of halogens is 1. The zero-order valence-corrected chi connectivity index (χ0v) is 20.7. The van der Waals surface area contributed by atoms with Gasteiger partial charge in [-0.3, -0.25) is 9.59 Å². The maximum atomic E-state index is 13.4. The number of carbonyl (C=O) groups excluding carboxylic acids is 2. The van der Waals surface area contributed by atoms with E-state index in [0.717, 1.165) is 32.1 Å². The first-order chi connectivity index (χ1) is 15.7. The summed E-state index contributed by atoms with van der Waals surface area (Å²) >= 11 is 6.01. The Morgan fingerprint density at radius 2 is 1.64 bits per heavy atom. The summed E-state index contributed by atoms with van der Waals surface area (Å²) in [7, 11) is -3.76. The lowest BCUT2D eigenvalue weighted by atomic mass is 9.85. The maximum Gasteiger partial charge on any atom is 0.236 e. The topological polar surface area (TPSA) is 80.3 Å². The van der Waals surface area contributed by atoms with E-state index in [9.17, 15) is 18.0 Å². The third-order valence-electron chi connectivity index (χ3n) is 6.43. The summed E-state index contributed by atoms with van der Waals surface area (Å²) in [5, 5.41) is 3.44. The third-order valence-corrected chi connectivity index (χ3v) is 8.31. The van der Waals surface area contributed by atoms with E-state index in [2.05, 4.69) is 17.4 Å². The molecular weight excluding hydrogens is 458 g/mol. The predicted octanol–water partition coefficient (Wildman–Crippen LogP) is 5.19. The molecule has 0 aliphatic heterocycles. The monoisotopic (exact) mass is 489 g/mol. The highest BCUT2D eigenvalue weighted by molar-refractivity contribution is 7.92. The fraction of sp³-hybridized carbons (Fsp3) is 0.462. The number of nitrogens with one attached hydrogen (secondary N) is 1. The maximum absolute atomic E-state index is 13.4. The number of carbonyl (C=O) groups is 2. The molecule has 2 aromatic rings. The van der Waals surface area contributed by atoms with Gasteiger partial charge in [0.15, 0.2) is 15.6 Å². The minimum Gasteiger partial charge on any atom is -0.345 e. The molecule has 3 atom stereocenters. The molecule has 0 bridgehead atoms. The summed E-state index contributed by atoms with van der Waals surface area (Å²) in [4.78, 5) is 26.1. The smallest absolute Gasteiger partial charge is 0.236 e. The molecule has 5 nitrogen and oxygen atoms in total. The van der Waals surface area contributed by atoms with E-state index in [1.807, 2.05) is 26.0 Å². The van der Waals surface area contributed by atoms with Crippen molar-refractivity contribution in [3.05, 3.63) is 65.2 Å². The molecule has 1 N–H and O–H groups in total. The molecule has 1 amide bonds. The summed E-state index contributed by atoms with van der Waals surface area (Å²) in [5.74, 6) is -1.18. The molecule has 178 valence electrons. The summed E-state index contributed by atoms with van der Waals surface area (Å²) in [6.45, 7) is 3.75. The zero-order valence-electron chi connectivity index (χ0n) is 19.2. The van der Waals surface area contributed by atoms with Crippen LogP contribution in [0.5, 0.6) is 0 Å². The molecule has 0 aromatic heterocycles. The van der Waals surface area contributed by atoms with E-state index in [1.54, 1.807) is 18.2 Å². The average molecular weight is 490 g/mol. The number of ketones is 1. The lowest BCUT2D eigenvalue weighted by molar-refractivity contribution is -0.130. The van der Waals surface area contributed by atoms with Gasteiger partial charge in [-0.25, -0.2) is 8.42 Å². The van der Waals surface area contributed by atoms with E-state index < -0.39 is 27.5 Å². The van der Waals surface area contributed by atoms with Gasteiger partial charge in [0.25, 0.3) is 0 Å².